The lowest BCUT2D eigenvalue weighted by molar-refractivity contribution is 0.109. The number of aldehydes is 1. The molecule has 1 aliphatic carbocycles. The highest BCUT2D eigenvalue weighted by molar-refractivity contribution is 7.99. The minimum absolute atomic E-state index is 0.198. The molecular formula is C19H20ClNO3S2. The molecular weight excluding hydrogens is 390 g/mol. The molecule has 26 heavy (non-hydrogen) atoms. The number of ether oxygens (including phenoxy) is 1. The van der Waals surface area contributed by atoms with Gasteiger partial charge in [-0.05, 0) is 49.2 Å². The van der Waals surface area contributed by atoms with Crippen molar-refractivity contribution in [1.82, 2.24) is 5.16 Å². The zero-order valence-corrected chi connectivity index (χ0v) is 17.3. The van der Waals surface area contributed by atoms with E-state index in [1.54, 1.807) is 11.8 Å². The molecule has 1 fully saturated rings. The highest BCUT2D eigenvalue weighted by Crippen LogP contribution is 2.55. The third kappa shape index (κ3) is 3.19. The summed E-state index contributed by atoms with van der Waals surface area (Å²) in [4.78, 5) is 13.4. The Morgan fingerprint density at radius 1 is 1.46 bits per heavy atom. The van der Waals surface area contributed by atoms with E-state index in [9.17, 15) is 4.79 Å². The molecule has 1 aliphatic rings. The Labute approximate surface area is 167 Å². The summed E-state index contributed by atoms with van der Waals surface area (Å²) in [6.45, 7) is 6.42. The van der Waals surface area contributed by atoms with Gasteiger partial charge in [0.15, 0.2) is 6.29 Å². The Bertz CT molecular complexity index is 859. The van der Waals surface area contributed by atoms with E-state index in [2.05, 4.69) is 12.1 Å². The Kier molecular flexibility index (Phi) is 5.75. The minimum atomic E-state index is -0.445. The average molecular weight is 410 g/mol. The van der Waals surface area contributed by atoms with Crippen LogP contribution in [0.15, 0.2) is 21.6 Å². The van der Waals surface area contributed by atoms with Crippen LogP contribution in [0.5, 0.6) is 5.88 Å². The molecule has 138 valence electrons. The first-order valence-electron chi connectivity index (χ1n) is 8.55. The Balaban J connectivity index is 2.11. The molecule has 0 atom stereocenters. The standard InChI is InChI=1S/C19H20ClNO3S2/c1-4-23-18-15(14(10-22)24-21-18)19(8-9-19)17(25)12-6-7-13(20)11(3)16(12)26-5-2/h6-7,10H,4-5,8-9H2,1-3H3. The number of hydrogen-bond donors (Lipinski definition) is 0. The van der Waals surface area contributed by atoms with Crippen molar-refractivity contribution in [2.45, 2.75) is 43.9 Å². The fraction of sp³-hybridized carbons (Fsp3) is 0.421. The van der Waals surface area contributed by atoms with Crippen LogP contribution in [-0.2, 0) is 5.41 Å². The molecule has 0 spiro atoms. The smallest absolute Gasteiger partial charge is 0.259 e. The number of hydrogen-bond acceptors (Lipinski definition) is 6. The van der Waals surface area contributed by atoms with E-state index in [4.69, 9.17) is 33.1 Å². The first-order valence-corrected chi connectivity index (χ1v) is 10.3. The lowest BCUT2D eigenvalue weighted by Crippen LogP contribution is -2.22. The maximum Gasteiger partial charge on any atom is 0.259 e. The quantitative estimate of drug-likeness (QED) is 0.251. The first-order chi connectivity index (χ1) is 12.5. The maximum absolute atomic E-state index is 11.5. The summed E-state index contributed by atoms with van der Waals surface area (Å²) >= 11 is 14.0. The number of nitrogens with zero attached hydrogens (tertiary/aromatic N) is 1. The molecule has 0 saturated heterocycles. The molecule has 2 aromatic rings. The molecule has 0 radical (unpaired) electrons. The van der Waals surface area contributed by atoms with E-state index in [1.807, 2.05) is 26.0 Å². The van der Waals surface area contributed by atoms with Crippen molar-refractivity contribution in [2.24, 2.45) is 0 Å². The molecule has 1 saturated carbocycles. The van der Waals surface area contributed by atoms with Gasteiger partial charge in [-0.1, -0.05) is 36.8 Å². The van der Waals surface area contributed by atoms with Crippen molar-refractivity contribution in [3.63, 3.8) is 0 Å². The molecule has 7 heteroatoms. The zero-order valence-electron chi connectivity index (χ0n) is 14.9. The van der Waals surface area contributed by atoms with Crippen molar-refractivity contribution in [3.05, 3.63) is 39.6 Å². The molecule has 4 nitrogen and oxygen atoms in total. The molecule has 0 bridgehead atoms. The second kappa shape index (κ2) is 7.71. The van der Waals surface area contributed by atoms with E-state index in [-0.39, 0.29) is 5.76 Å². The molecule has 3 rings (SSSR count). The summed E-state index contributed by atoms with van der Waals surface area (Å²) in [5.41, 5.74) is 2.26. The largest absolute Gasteiger partial charge is 0.476 e. The summed E-state index contributed by atoms with van der Waals surface area (Å²) in [6, 6.07) is 3.86. The first kappa shape index (κ1) is 19.4. The molecule has 1 aromatic heterocycles. The molecule has 0 unspecified atom stereocenters. The highest BCUT2D eigenvalue weighted by atomic mass is 35.5. The molecule has 0 N–H and O–H groups in total. The van der Waals surface area contributed by atoms with E-state index in [0.717, 1.165) is 44.5 Å². The second-order valence-corrected chi connectivity index (χ2v) is 8.26. The topological polar surface area (TPSA) is 52.3 Å². The van der Waals surface area contributed by atoms with Gasteiger partial charge in [0.05, 0.1) is 12.2 Å². The number of thioether (sulfide) groups is 1. The third-order valence-corrected chi connectivity index (χ3v) is 6.74. The van der Waals surface area contributed by atoms with Gasteiger partial charge in [0.1, 0.15) is 0 Å². The van der Waals surface area contributed by atoms with Crippen LogP contribution in [0.2, 0.25) is 5.02 Å². The average Bonchev–Trinajstić information content (AvgIpc) is 3.33. The summed E-state index contributed by atoms with van der Waals surface area (Å²) in [6.07, 6.45) is 2.36. The predicted octanol–water partition coefficient (Wildman–Crippen LogP) is 5.41. The number of benzene rings is 1. The van der Waals surface area contributed by atoms with Crippen LogP contribution in [0.25, 0.3) is 0 Å². The maximum atomic E-state index is 11.5. The van der Waals surface area contributed by atoms with Crippen LogP contribution in [0.1, 0.15) is 53.9 Å². The number of carbonyl (C=O) groups excluding carboxylic acids is 1. The molecule has 0 aliphatic heterocycles. The van der Waals surface area contributed by atoms with Gasteiger partial charge in [0, 0.05) is 25.8 Å². The highest BCUT2D eigenvalue weighted by Gasteiger charge is 2.54. The van der Waals surface area contributed by atoms with Crippen LogP contribution >= 0.6 is 35.6 Å². The van der Waals surface area contributed by atoms with Crippen molar-refractivity contribution in [1.29, 1.82) is 0 Å². The van der Waals surface area contributed by atoms with Crippen molar-refractivity contribution in [2.75, 3.05) is 12.4 Å². The van der Waals surface area contributed by atoms with Crippen LogP contribution < -0.4 is 4.74 Å². The van der Waals surface area contributed by atoms with E-state index < -0.39 is 5.41 Å². The Hall–Kier alpha value is -1.37. The van der Waals surface area contributed by atoms with Gasteiger partial charge < -0.3 is 9.26 Å². The van der Waals surface area contributed by atoms with Crippen LogP contribution in [0.3, 0.4) is 0 Å². The number of carbonyl (C=O) groups is 1. The van der Waals surface area contributed by atoms with Crippen LogP contribution in [-0.4, -0.2) is 28.7 Å². The molecule has 0 amide bonds. The summed E-state index contributed by atoms with van der Waals surface area (Å²) < 4.78 is 10.8. The van der Waals surface area contributed by atoms with E-state index in [1.165, 1.54) is 0 Å². The van der Waals surface area contributed by atoms with Crippen molar-refractivity contribution in [3.8, 4) is 5.88 Å². The van der Waals surface area contributed by atoms with Crippen molar-refractivity contribution < 1.29 is 14.1 Å². The summed E-state index contributed by atoms with van der Waals surface area (Å²) in [5, 5.41) is 4.66. The molecule has 1 heterocycles. The van der Waals surface area contributed by atoms with Gasteiger partial charge >= 0.3 is 0 Å². The number of rotatable bonds is 8. The lowest BCUT2D eigenvalue weighted by Gasteiger charge is -2.21. The molecule has 1 aromatic carbocycles. The number of aromatic nitrogens is 1. The zero-order chi connectivity index (χ0) is 18.9. The van der Waals surface area contributed by atoms with Gasteiger partial charge in [-0.15, -0.1) is 11.8 Å². The van der Waals surface area contributed by atoms with Gasteiger partial charge in [-0.25, -0.2) is 0 Å². The number of thiocarbonyl (C=S) groups is 1. The van der Waals surface area contributed by atoms with E-state index >= 15 is 0 Å². The lowest BCUT2D eigenvalue weighted by atomic mass is 9.88. The fourth-order valence-electron chi connectivity index (χ4n) is 3.19. The van der Waals surface area contributed by atoms with Gasteiger partial charge in [-0.2, -0.15) is 0 Å². The van der Waals surface area contributed by atoms with Gasteiger partial charge in [0.2, 0.25) is 5.76 Å². The van der Waals surface area contributed by atoms with Crippen molar-refractivity contribution >= 4 is 46.7 Å². The van der Waals surface area contributed by atoms with Crippen LogP contribution in [0, 0.1) is 6.92 Å². The minimum Gasteiger partial charge on any atom is -0.476 e. The predicted molar refractivity (Wildman–Crippen MR) is 108 cm³/mol. The van der Waals surface area contributed by atoms with Crippen LogP contribution in [0.4, 0.5) is 0 Å². The van der Waals surface area contributed by atoms with E-state index in [0.29, 0.717) is 24.3 Å². The SMILES string of the molecule is CCOc1noc(C=O)c1C1(C(=S)c2ccc(Cl)c(C)c2SCC)CC1. The summed E-state index contributed by atoms with van der Waals surface area (Å²) in [7, 11) is 0. The second-order valence-electron chi connectivity index (χ2n) is 6.17. The Morgan fingerprint density at radius 2 is 2.19 bits per heavy atom. The summed E-state index contributed by atoms with van der Waals surface area (Å²) in [5.74, 6) is 1.48. The fourth-order valence-corrected chi connectivity index (χ4v) is 4.89. The normalized spacial score (nSPS) is 14.9. The monoisotopic (exact) mass is 409 g/mol. The van der Waals surface area contributed by atoms with Gasteiger partial charge in [0.25, 0.3) is 5.88 Å². The van der Waals surface area contributed by atoms with Gasteiger partial charge in [-0.3, -0.25) is 4.79 Å². The third-order valence-electron chi connectivity index (χ3n) is 4.61. The number of halogens is 1. The Morgan fingerprint density at radius 3 is 2.77 bits per heavy atom.